The molecule has 1 N–H and O–H groups in total. The van der Waals surface area contributed by atoms with Crippen LogP contribution in [-0.4, -0.2) is 19.2 Å². The summed E-state index contributed by atoms with van der Waals surface area (Å²) in [5.41, 5.74) is 2.82. The molecule has 2 heteroatoms. The third-order valence-corrected chi connectivity index (χ3v) is 3.47. The van der Waals surface area contributed by atoms with Crippen LogP contribution in [0.5, 0.6) is 0 Å². The Morgan fingerprint density at radius 2 is 2.24 bits per heavy atom. The zero-order valence-electron chi connectivity index (χ0n) is 10.9. The van der Waals surface area contributed by atoms with E-state index in [1.54, 1.807) is 0 Å². The summed E-state index contributed by atoms with van der Waals surface area (Å²) in [4.78, 5) is 0. The molecule has 1 aliphatic heterocycles. The molecule has 0 amide bonds. The molecule has 2 atom stereocenters. The van der Waals surface area contributed by atoms with Gasteiger partial charge in [-0.25, -0.2) is 0 Å². The lowest BCUT2D eigenvalue weighted by atomic mass is 9.97. The van der Waals surface area contributed by atoms with Gasteiger partial charge >= 0.3 is 0 Å². The molecule has 0 fully saturated rings. The summed E-state index contributed by atoms with van der Waals surface area (Å²) in [6, 6.07) is 9.23. The Bertz CT molecular complexity index is 351. The second-order valence-electron chi connectivity index (χ2n) is 4.91. The van der Waals surface area contributed by atoms with Gasteiger partial charge in [-0.2, -0.15) is 0 Å². The largest absolute Gasteiger partial charge is 0.372 e. The van der Waals surface area contributed by atoms with Crippen molar-refractivity contribution >= 4 is 0 Å². The maximum atomic E-state index is 5.87. The Hall–Kier alpha value is -0.860. The van der Waals surface area contributed by atoms with Crippen LogP contribution in [0.1, 0.15) is 43.9 Å². The molecule has 1 aliphatic rings. The van der Waals surface area contributed by atoms with E-state index >= 15 is 0 Å². The van der Waals surface area contributed by atoms with Crippen molar-refractivity contribution in [2.75, 3.05) is 13.2 Å². The van der Waals surface area contributed by atoms with Gasteiger partial charge in [0.2, 0.25) is 0 Å². The number of rotatable bonds is 5. The SMILES string of the molecule is CCCC(C)NCC1OCCc2ccccc21. The van der Waals surface area contributed by atoms with Crippen molar-refractivity contribution in [3.05, 3.63) is 35.4 Å². The van der Waals surface area contributed by atoms with Gasteiger partial charge in [-0.15, -0.1) is 0 Å². The fourth-order valence-corrected chi connectivity index (χ4v) is 2.49. The summed E-state index contributed by atoms with van der Waals surface area (Å²) in [6.45, 7) is 6.26. The number of hydrogen-bond acceptors (Lipinski definition) is 2. The minimum absolute atomic E-state index is 0.235. The summed E-state index contributed by atoms with van der Waals surface area (Å²) in [5, 5.41) is 3.57. The molecule has 2 unspecified atom stereocenters. The average molecular weight is 233 g/mol. The Balaban J connectivity index is 1.94. The molecule has 0 radical (unpaired) electrons. The van der Waals surface area contributed by atoms with Gasteiger partial charge in [0.1, 0.15) is 0 Å². The summed E-state index contributed by atoms with van der Waals surface area (Å²) < 4.78 is 5.87. The number of ether oxygens (including phenoxy) is 1. The third kappa shape index (κ3) is 3.30. The maximum Gasteiger partial charge on any atom is 0.0952 e. The van der Waals surface area contributed by atoms with Gasteiger partial charge < -0.3 is 10.1 Å². The van der Waals surface area contributed by atoms with Crippen LogP contribution >= 0.6 is 0 Å². The minimum atomic E-state index is 0.235. The molecule has 1 aromatic rings. The molecular formula is C15H23NO. The van der Waals surface area contributed by atoms with E-state index in [2.05, 4.69) is 43.4 Å². The predicted molar refractivity (Wildman–Crippen MR) is 71.2 cm³/mol. The first-order valence-electron chi connectivity index (χ1n) is 6.74. The van der Waals surface area contributed by atoms with E-state index in [-0.39, 0.29) is 6.10 Å². The van der Waals surface area contributed by atoms with Crippen molar-refractivity contribution in [3.63, 3.8) is 0 Å². The van der Waals surface area contributed by atoms with E-state index < -0.39 is 0 Å². The Labute approximate surface area is 104 Å². The van der Waals surface area contributed by atoms with E-state index in [1.165, 1.54) is 24.0 Å². The van der Waals surface area contributed by atoms with Crippen LogP contribution in [0.3, 0.4) is 0 Å². The summed E-state index contributed by atoms with van der Waals surface area (Å²) in [5.74, 6) is 0. The molecule has 2 rings (SSSR count). The minimum Gasteiger partial charge on any atom is -0.372 e. The van der Waals surface area contributed by atoms with Crippen LogP contribution in [0.25, 0.3) is 0 Å². The quantitative estimate of drug-likeness (QED) is 0.844. The van der Waals surface area contributed by atoms with Gasteiger partial charge in [0.15, 0.2) is 0 Å². The molecule has 0 saturated carbocycles. The predicted octanol–water partition coefficient (Wildman–Crippen LogP) is 3.08. The van der Waals surface area contributed by atoms with Gasteiger partial charge in [-0.05, 0) is 30.9 Å². The second kappa shape index (κ2) is 6.18. The maximum absolute atomic E-state index is 5.87. The molecular weight excluding hydrogens is 210 g/mol. The molecule has 0 bridgehead atoms. The second-order valence-corrected chi connectivity index (χ2v) is 4.91. The fourth-order valence-electron chi connectivity index (χ4n) is 2.49. The first-order valence-corrected chi connectivity index (χ1v) is 6.74. The van der Waals surface area contributed by atoms with Gasteiger partial charge in [0, 0.05) is 12.6 Å². The molecule has 0 saturated heterocycles. The Kier molecular flexibility index (Phi) is 4.57. The summed E-state index contributed by atoms with van der Waals surface area (Å²) in [7, 11) is 0. The van der Waals surface area contributed by atoms with Gasteiger partial charge in [-0.1, -0.05) is 37.6 Å². The highest BCUT2D eigenvalue weighted by molar-refractivity contribution is 5.31. The Morgan fingerprint density at radius 1 is 1.41 bits per heavy atom. The monoisotopic (exact) mass is 233 g/mol. The van der Waals surface area contributed by atoms with Crippen molar-refractivity contribution in [1.82, 2.24) is 5.32 Å². The molecule has 2 nitrogen and oxygen atoms in total. The average Bonchev–Trinajstić information content (AvgIpc) is 2.36. The van der Waals surface area contributed by atoms with Crippen LogP contribution in [0.2, 0.25) is 0 Å². The van der Waals surface area contributed by atoms with Crippen LogP contribution in [-0.2, 0) is 11.2 Å². The van der Waals surface area contributed by atoms with Gasteiger partial charge in [-0.3, -0.25) is 0 Å². The van der Waals surface area contributed by atoms with Crippen molar-refractivity contribution < 1.29 is 4.74 Å². The van der Waals surface area contributed by atoms with Crippen molar-refractivity contribution in [3.8, 4) is 0 Å². The summed E-state index contributed by atoms with van der Waals surface area (Å²) >= 11 is 0. The standard InChI is InChI=1S/C15H23NO/c1-3-6-12(2)16-11-15-14-8-5-4-7-13(14)9-10-17-15/h4-5,7-8,12,15-16H,3,6,9-11H2,1-2H3. The highest BCUT2D eigenvalue weighted by atomic mass is 16.5. The first kappa shape index (κ1) is 12.6. The molecule has 0 spiro atoms. The molecule has 1 heterocycles. The van der Waals surface area contributed by atoms with E-state index in [0.717, 1.165) is 19.6 Å². The van der Waals surface area contributed by atoms with Crippen LogP contribution in [0, 0.1) is 0 Å². The van der Waals surface area contributed by atoms with E-state index in [0.29, 0.717) is 6.04 Å². The first-order chi connectivity index (χ1) is 8.31. The normalized spacial score (nSPS) is 20.9. The number of fused-ring (bicyclic) bond motifs is 1. The molecule has 94 valence electrons. The van der Waals surface area contributed by atoms with E-state index in [9.17, 15) is 0 Å². The fraction of sp³-hybridized carbons (Fsp3) is 0.600. The van der Waals surface area contributed by atoms with Crippen molar-refractivity contribution in [2.24, 2.45) is 0 Å². The van der Waals surface area contributed by atoms with Crippen LogP contribution in [0.4, 0.5) is 0 Å². The highest BCUT2D eigenvalue weighted by Crippen LogP contribution is 2.26. The van der Waals surface area contributed by atoms with Gasteiger partial charge in [0.25, 0.3) is 0 Å². The van der Waals surface area contributed by atoms with E-state index in [1.807, 2.05) is 0 Å². The van der Waals surface area contributed by atoms with Crippen molar-refractivity contribution in [1.29, 1.82) is 0 Å². The molecule has 17 heavy (non-hydrogen) atoms. The highest BCUT2D eigenvalue weighted by Gasteiger charge is 2.20. The molecule has 0 aliphatic carbocycles. The lowest BCUT2D eigenvalue weighted by Gasteiger charge is -2.27. The lowest BCUT2D eigenvalue weighted by molar-refractivity contribution is 0.0408. The van der Waals surface area contributed by atoms with E-state index in [4.69, 9.17) is 4.74 Å². The third-order valence-electron chi connectivity index (χ3n) is 3.47. The smallest absolute Gasteiger partial charge is 0.0952 e. The zero-order valence-corrected chi connectivity index (χ0v) is 10.9. The topological polar surface area (TPSA) is 21.3 Å². The van der Waals surface area contributed by atoms with Gasteiger partial charge in [0.05, 0.1) is 12.7 Å². The van der Waals surface area contributed by atoms with Crippen LogP contribution in [0.15, 0.2) is 24.3 Å². The Morgan fingerprint density at radius 3 is 3.06 bits per heavy atom. The van der Waals surface area contributed by atoms with Crippen molar-refractivity contribution in [2.45, 2.75) is 45.3 Å². The number of nitrogens with one attached hydrogen (secondary N) is 1. The molecule has 0 aromatic heterocycles. The lowest BCUT2D eigenvalue weighted by Crippen LogP contribution is -2.33. The summed E-state index contributed by atoms with van der Waals surface area (Å²) in [6.07, 6.45) is 3.75. The number of benzene rings is 1. The number of hydrogen-bond donors (Lipinski definition) is 1. The zero-order chi connectivity index (χ0) is 12.1. The van der Waals surface area contributed by atoms with Crippen LogP contribution < -0.4 is 5.32 Å². The molecule has 1 aromatic carbocycles.